The summed E-state index contributed by atoms with van der Waals surface area (Å²) < 4.78 is 8.42. The maximum atomic E-state index is 12.1. The van der Waals surface area contributed by atoms with Crippen molar-refractivity contribution < 1.29 is 9.53 Å². The van der Waals surface area contributed by atoms with Gasteiger partial charge in [-0.2, -0.15) is 5.10 Å². The Morgan fingerprint density at radius 2 is 2.30 bits per heavy atom. The smallest absolute Gasteiger partial charge is 0.256 e. The fraction of sp³-hybridized carbons (Fsp3) is 0.467. The number of nitrogens with one attached hydrogen (secondary N) is 1. The van der Waals surface area contributed by atoms with E-state index in [1.54, 1.807) is 30.9 Å². The highest BCUT2D eigenvalue weighted by Gasteiger charge is 2.18. The van der Waals surface area contributed by atoms with E-state index in [9.17, 15) is 9.59 Å². The van der Waals surface area contributed by atoms with Gasteiger partial charge in [0.2, 0.25) is 5.91 Å². The van der Waals surface area contributed by atoms with Gasteiger partial charge in [0.25, 0.3) is 5.56 Å². The minimum Gasteiger partial charge on any atom is -0.379 e. The van der Waals surface area contributed by atoms with E-state index < -0.39 is 0 Å². The van der Waals surface area contributed by atoms with Crippen LogP contribution in [0.25, 0.3) is 0 Å². The molecule has 0 spiro atoms. The van der Waals surface area contributed by atoms with Crippen LogP contribution in [0.2, 0.25) is 0 Å². The van der Waals surface area contributed by atoms with E-state index in [1.165, 1.54) is 10.9 Å². The predicted octanol–water partition coefficient (Wildman–Crippen LogP) is 0.657. The molecule has 1 fully saturated rings. The van der Waals surface area contributed by atoms with Crippen LogP contribution in [-0.2, 0) is 16.1 Å². The molecule has 122 valence electrons. The van der Waals surface area contributed by atoms with E-state index in [-0.39, 0.29) is 24.1 Å². The maximum absolute atomic E-state index is 12.1. The van der Waals surface area contributed by atoms with Crippen LogP contribution in [0.1, 0.15) is 23.7 Å². The highest BCUT2D eigenvalue weighted by atomic mass is 16.5. The van der Waals surface area contributed by atoms with Gasteiger partial charge < -0.3 is 10.1 Å². The first-order valence-corrected chi connectivity index (χ1v) is 7.49. The Hall–Kier alpha value is -2.48. The van der Waals surface area contributed by atoms with Gasteiger partial charge >= 0.3 is 0 Å². The fourth-order valence-corrected chi connectivity index (χ4v) is 2.48. The summed E-state index contributed by atoms with van der Waals surface area (Å²) in [5, 5.41) is 6.99. The molecule has 0 unspecified atom stereocenters. The minimum absolute atomic E-state index is 0.0787. The van der Waals surface area contributed by atoms with Crippen molar-refractivity contribution in [3.05, 3.63) is 40.3 Å². The number of carbonyl (C=O) groups excluding carboxylic acids is 1. The van der Waals surface area contributed by atoms with Gasteiger partial charge in [0.15, 0.2) is 0 Å². The van der Waals surface area contributed by atoms with Crippen LogP contribution in [0.15, 0.2) is 23.5 Å². The normalized spacial score (nSPS) is 17.4. The average Bonchev–Trinajstić information content (AvgIpc) is 3.19. The van der Waals surface area contributed by atoms with Crippen LogP contribution < -0.4 is 10.9 Å². The van der Waals surface area contributed by atoms with Crippen molar-refractivity contribution in [2.45, 2.75) is 32.9 Å². The monoisotopic (exact) mass is 317 g/mol. The molecule has 2 aromatic rings. The standard InChI is InChI=1S/C15H19N5O3/c1-10-11(2)16-9-19(15(10)22)7-14(21)18-12-5-17-20(6-12)13-3-4-23-8-13/h5-6,9,13H,3-4,7-8H2,1-2H3,(H,18,21)/t13-/m1/s1. The van der Waals surface area contributed by atoms with E-state index in [0.717, 1.165) is 13.0 Å². The molecule has 0 radical (unpaired) electrons. The Bertz CT molecular complexity index is 774. The molecular formula is C15H19N5O3. The van der Waals surface area contributed by atoms with Crippen molar-refractivity contribution in [2.24, 2.45) is 0 Å². The topological polar surface area (TPSA) is 91.0 Å². The van der Waals surface area contributed by atoms with Gasteiger partial charge in [-0.15, -0.1) is 0 Å². The Labute approximate surface area is 133 Å². The SMILES string of the molecule is Cc1ncn(CC(=O)Nc2cnn([C@@H]3CCOC3)c2)c(=O)c1C. The third-order valence-corrected chi connectivity index (χ3v) is 3.99. The second-order valence-corrected chi connectivity index (χ2v) is 5.66. The molecule has 0 saturated carbocycles. The summed E-state index contributed by atoms with van der Waals surface area (Å²) in [4.78, 5) is 28.3. The summed E-state index contributed by atoms with van der Waals surface area (Å²) in [5.41, 5.74) is 1.62. The minimum atomic E-state index is -0.292. The van der Waals surface area contributed by atoms with Crippen molar-refractivity contribution in [1.29, 1.82) is 0 Å². The first-order chi connectivity index (χ1) is 11.0. The largest absolute Gasteiger partial charge is 0.379 e. The summed E-state index contributed by atoms with van der Waals surface area (Å²) in [6.45, 7) is 4.76. The quantitative estimate of drug-likeness (QED) is 0.894. The van der Waals surface area contributed by atoms with Crippen molar-refractivity contribution in [2.75, 3.05) is 18.5 Å². The molecule has 0 aliphatic carbocycles. The Morgan fingerprint density at radius 3 is 3.04 bits per heavy atom. The molecule has 3 rings (SSSR count). The van der Waals surface area contributed by atoms with Gasteiger partial charge in [-0.1, -0.05) is 0 Å². The molecule has 1 N–H and O–H groups in total. The number of rotatable bonds is 4. The molecule has 1 aliphatic rings. The number of amides is 1. The number of ether oxygens (including phenoxy) is 1. The highest BCUT2D eigenvalue weighted by molar-refractivity contribution is 5.90. The second kappa shape index (κ2) is 6.33. The summed E-state index contributed by atoms with van der Waals surface area (Å²) in [6, 6.07) is 0.215. The van der Waals surface area contributed by atoms with E-state index >= 15 is 0 Å². The van der Waals surface area contributed by atoms with E-state index in [2.05, 4.69) is 15.4 Å². The Morgan fingerprint density at radius 1 is 1.48 bits per heavy atom. The first-order valence-electron chi connectivity index (χ1n) is 7.49. The summed E-state index contributed by atoms with van der Waals surface area (Å²) in [6.07, 6.45) is 5.68. The lowest BCUT2D eigenvalue weighted by molar-refractivity contribution is -0.116. The lowest BCUT2D eigenvalue weighted by atomic mass is 10.3. The van der Waals surface area contributed by atoms with Crippen molar-refractivity contribution >= 4 is 11.6 Å². The fourth-order valence-electron chi connectivity index (χ4n) is 2.48. The molecule has 1 aliphatic heterocycles. The Balaban J connectivity index is 1.66. The molecule has 8 nitrogen and oxygen atoms in total. The zero-order valence-corrected chi connectivity index (χ0v) is 13.2. The molecule has 1 amide bonds. The number of anilines is 1. The van der Waals surface area contributed by atoms with E-state index in [0.29, 0.717) is 23.6 Å². The first kappa shape index (κ1) is 15.4. The summed E-state index contributed by atoms with van der Waals surface area (Å²) in [5.74, 6) is -0.292. The highest BCUT2D eigenvalue weighted by Crippen LogP contribution is 2.19. The van der Waals surface area contributed by atoms with Crippen LogP contribution in [0.5, 0.6) is 0 Å². The van der Waals surface area contributed by atoms with Gasteiger partial charge in [0.05, 0.1) is 30.9 Å². The van der Waals surface area contributed by atoms with E-state index in [1.807, 2.05) is 0 Å². The van der Waals surface area contributed by atoms with Crippen LogP contribution in [-0.4, -0.2) is 38.5 Å². The van der Waals surface area contributed by atoms with Gasteiger partial charge in [-0.25, -0.2) is 4.98 Å². The van der Waals surface area contributed by atoms with Gasteiger partial charge in [0, 0.05) is 24.1 Å². The van der Waals surface area contributed by atoms with Crippen molar-refractivity contribution in [1.82, 2.24) is 19.3 Å². The van der Waals surface area contributed by atoms with Crippen molar-refractivity contribution in [3.8, 4) is 0 Å². The molecule has 0 bridgehead atoms. The lowest BCUT2D eigenvalue weighted by Gasteiger charge is -2.08. The maximum Gasteiger partial charge on any atom is 0.256 e. The zero-order valence-electron chi connectivity index (χ0n) is 13.2. The molecule has 8 heteroatoms. The molecule has 23 heavy (non-hydrogen) atoms. The van der Waals surface area contributed by atoms with Gasteiger partial charge in [0.1, 0.15) is 6.54 Å². The van der Waals surface area contributed by atoms with Crippen LogP contribution in [0.4, 0.5) is 5.69 Å². The van der Waals surface area contributed by atoms with Crippen LogP contribution >= 0.6 is 0 Å². The molecule has 1 atom stereocenters. The number of hydrogen-bond donors (Lipinski definition) is 1. The molecule has 1 saturated heterocycles. The molecule has 3 heterocycles. The number of hydrogen-bond acceptors (Lipinski definition) is 5. The third-order valence-electron chi connectivity index (χ3n) is 3.99. The molecule has 0 aromatic carbocycles. The van der Waals surface area contributed by atoms with Crippen molar-refractivity contribution in [3.63, 3.8) is 0 Å². The average molecular weight is 317 g/mol. The predicted molar refractivity (Wildman–Crippen MR) is 83.3 cm³/mol. The van der Waals surface area contributed by atoms with Crippen LogP contribution in [0, 0.1) is 13.8 Å². The van der Waals surface area contributed by atoms with E-state index in [4.69, 9.17) is 4.74 Å². The second-order valence-electron chi connectivity index (χ2n) is 5.66. The lowest BCUT2D eigenvalue weighted by Crippen LogP contribution is -2.29. The number of aryl methyl sites for hydroxylation is 1. The number of carbonyl (C=O) groups is 1. The molecular weight excluding hydrogens is 298 g/mol. The Kier molecular flexibility index (Phi) is 4.24. The molecule has 2 aromatic heterocycles. The van der Waals surface area contributed by atoms with Gasteiger partial charge in [-0.3, -0.25) is 18.8 Å². The summed E-state index contributed by atoms with van der Waals surface area (Å²) in [7, 11) is 0. The van der Waals surface area contributed by atoms with Gasteiger partial charge in [-0.05, 0) is 20.3 Å². The number of aromatic nitrogens is 4. The third kappa shape index (κ3) is 3.31. The zero-order chi connectivity index (χ0) is 16.4. The van der Waals surface area contributed by atoms with Crippen LogP contribution in [0.3, 0.4) is 0 Å². The summed E-state index contributed by atoms with van der Waals surface area (Å²) >= 11 is 0. The number of nitrogens with zero attached hydrogens (tertiary/aromatic N) is 4.